The molecule has 0 aromatic carbocycles. The van der Waals surface area contributed by atoms with Crippen molar-refractivity contribution in [3.8, 4) is 0 Å². The first kappa shape index (κ1) is 4.57. The normalized spacial score (nSPS) is 19.1. The molecule has 1 heterocycles. The first-order valence-corrected chi connectivity index (χ1v) is 2.51. The van der Waals surface area contributed by atoms with Crippen LogP contribution in [0.5, 0.6) is 0 Å². The Morgan fingerprint density at radius 2 is 2.43 bits per heavy atom. The summed E-state index contributed by atoms with van der Waals surface area (Å²) in [4.78, 5) is 0. The Hall–Kier alpha value is -0.590. The SMILES string of the molecule is CC1=C[N+](C)=CC1. The number of nitrogens with zero attached hydrogens (tertiary/aromatic N) is 1. The summed E-state index contributed by atoms with van der Waals surface area (Å²) < 4.78 is 2.09. The maximum atomic E-state index is 2.16. The fourth-order valence-corrected chi connectivity index (χ4v) is 0.741. The predicted octanol–water partition coefficient (Wildman–Crippen LogP) is 1.01. The summed E-state index contributed by atoms with van der Waals surface area (Å²) in [5, 5.41) is 0. The Labute approximate surface area is 44.0 Å². The molecule has 38 valence electrons. The van der Waals surface area contributed by atoms with Gasteiger partial charge in [0, 0.05) is 5.57 Å². The molecule has 1 nitrogen and oxygen atoms in total. The highest BCUT2D eigenvalue weighted by Gasteiger charge is 2.01. The van der Waals surface area contributed by atoms with Gasteiger partial charge in [0.1, 0.15) is 13.3 Å². The summed E-state index contributed by atoms with van der Waals surface area (Å²) >= 11 is 0. The van der Waals surface area contributed by atoms with Crippen LogP contribution < -0.4 is 0 Å². The van der Waals surface area contributed by atoms with E-state index in [9.17, 15) is 0 Å². The first-order valence-electron chi connectivity index (χ1n) is 2.51. The minimum Gasteiger partial charge on any atom is -0.211 e. The van der Waals surface area contributed by atoms with E-state index in [1.807, 2.05) is 0 Å². The molecule has 7 heavy (non-hydrogen) atoms. The summed E-state index contributed by atoms with van der Waals surface area (Å²) in [6, 6.07) is 0. The van der Waals surface area contributed by atoms with Crippen molar-refractivity contribution in [1.29, 1.82) is 0 Å². The molecule has 1 aliphatic heterocycles. The third kappa shape index (κ3) is 0.889. The summed E-state index contributed by atoms with van der Waals surface area (Å²) in [5.74, 6) is 0. The van der Waals surface area contributed by atoms with Gasteiger partial charge in [0.15, 0.2) is 6.20 Å². The summed E-state index contributed by atoms with van der Waals surface area (Å²) in [6.07, 6.45) is 5.44. The summed E-state index contributed by atoms with van der Waals surface area (Å²) in [5.41, 5.74) is 1.45. The number of allylic oxidation sites excluding steroid dienone is 1. The molecule has 0 bridgehead atoms. The molecule has 0 saturated carbocycles. The number of hydrogen-bond donors (Lipinski definition) is 0. The molecule has 0 atom stereocenters. The Bertz CT molecular complexity index is 131. The van der Waals surface area contributed by atoms with E-state index in [1.54, 1.807) is 0 Å². The highest BCUT2D eigenvalue weighted by molar-refractivity contribution is 5.57. The second-order valence-corrected chi connectivity index (χ2v) is 2.03. The van der Waals surface area contributed by atoms with E-state index in [4.69, 9.17) is 0 Å². The molecule has 0 aliphatic carbocycles. The predicted molar refractivity (Wildman–Crippen MR) is 30.6 cm³/mol. The highest BCUT2D eigenvalue weighted by atomic mass is 14.9. The van der Waals surface area contributed by atoms with Crippen molar-refractivity contribution in [3.05, 3.63) is 11.8 Å². The van der Waals surface area contributed by atoms with Crippen molar-refractivity contribution < 1.29 is 4.58 Å². The average molecular weight is 96.2 g/mol. The van der Waals surface area contributed by atoms with Gasteiger partial charge in [-0.05, 0) is 6.92 Å². The molecule has 0 spiro atoms. The molecular formula is C6H10N+. The molecule has 0 unspecified atom stereocenters. The van der Waals surface area contributed by atoms with Crippen LogP contribution in [-0.2, 0) is 0 Å². The first-order chi connectivity index (χ1) is 3.29. The van der Waals surface area contributed by atoms with Crippen molar-refractivity contribution in [2.24, 2.45) is 0 Å². The van der Waals surface area contributed by atoms with Crippen LogP contribution in [-0.4, -0.2) is 17.8 Å². The zero-order valence-corrected chi connectivity index (χ0v) is 4.81. The van der Waals surface area contributed by atoms with E-state index < -0.39 is 0 Å². The van der Waals surface area contributed by atoms with Gasteiger partial charge < -0.3 is 0 Å². The van der Waals surface area contributed by atoms with Crippen LogP contribution in [0.2, 0.25) is 0 Å². The molecule has 0 aromatic rings. The van der Waals surface area contributed by atoms with Crippen LogP contribution in [0.4, 0.5) is 0 Å². The third-order valence-electron chi connectivity index (χ3n) is 1.13. The number of hydrogen-bond acceptors (Lipinski definition) is 0. The van der Waals surface area contributed by atoms with Gasteiger partial charge in [-0.1, -0.05) is 0 Å². The fraction of sp³-hybridized carbons (Fsp3) is 0.500. The van der Waals surface area contributed by atoms with Crippen molar-refractivity contribution in [3.63, 3.8) is 0 Å². The maximum Gasteiger partial charge on any atom is 0.167 e. The van der Waals surface area contributed by atoms with Gasteiger partial charge in [-0.2, -0.15) is 0 Å². The van der Waals surface area contributed by atoms with E-state index >= 15 is 0 Å². The second-order valence-electron chi connectivity index (χ2n) is 2.03. The van der Waals surface area contributed by atoms with E-state index in [-0.39, 0.29) is 0 Å². The fourth-order valence-electron chi connectivity index (χ4n) is 0.741. The van der Waals surface area contributed by atoms with Crippen LogP contribution >= 0.6 is 0 Å². The second kappa shape index (κ2) is 1.49. The lowest BCUT2D eigenvalue weighted by atomic mass is 10.3. The third-order valence-corrected chi connectivity index (χ3v) is 1.13. The van der Waals surface area contributed by atoms with Gasteiger partial charge in [-0.25, -0.2) is 4.58 Å². The zero-order chi connectivity index (χ0) is 5.28. The summed E-state index contributed by atoms with van der Waals surface area (Å²) in [6.45, 7) is 2.14. The lowest BCUT2D eigenvalue weighted by molar-refractivity contribution is -0.414. The molecule has 1 rings (SSSR count). The Morgan fingerprint density at radius 1 is 1.71 bits per heavy atom. The van der Waals surface area contributed by atoms with Crippen LogP contribution in [0.3, 0.4) is 0 Å². The van der Waals surface area contributed by atoms with Crippen LogP contribution in [0, 0.1) is 0 Å². The number of rotatable bonds is 0. The Morgan fingerprint density at radius 3 is 2.57 bits per heavy atom. The van der Waals surface area contributed by atoms with Gasteiger partial charge in [-0.15, -0.1) is 0 Å². The van der Waals surface area contributed by atoms with Gasteiger partial charge in [0.2, 0.25) is 0 Å². The zero-order valence-electron chi connectivity index (χ0n) is 4.81. The Kier molecular flexibility index (Phi) is 0.970. The Balaban J connectivity index is 2.69. The monoisotopic (exact) mass is 96.1 g/mol. The average Bonchev–Trinajstić information content (AvgIpc) is 1.87. The van der Waals surface area contributed by atoms with E-state index in [0.29, 0.717) is 0 Å². The van der Waals surface area contributed by atoms with E-state index in [1.165, 1.54) is 5.57 Å². The van der Waals surface area contributed by atoms with Gasteiger partial charge in [0.05, 0.1) is 6.42 Å². The van der Waals surface area contributed by atoms with E-state index in [2.05, 4.69) is 31.0 Å². The van der Waals surface area contributed by atoms with Crippen molar-refractivity contribution in [1.82, 2.24) is 0 Å². The molecule has 1 heteroatoms. The molecule has 0 saturated heterocycles. The van der Waals surface area contributed by atoms with Crippen molar-refractivity contribution in [2.75, 3.05) is 7.05 Å². The minimum atomic E-state index is 1.14. The van der Waals surface area contributed by atoms with E-state index in [0.717, 1.165) is 6.42 Å². The van der Waals surface area contributed by atoms with Gasteiger partial charge in [-0.3, -0.25) is 0 Å². The minimum absolute atomic E-state index is 1.14. The molecular weight excluding hydrogens is 86.1 g/mol. The standard InChI is InChI=1S/C6H10N/c1-6-3-4-7(2)5-6/h4-5H,3H2,1-2H3/q+1. The maximum absolute atomic E-state index is 2.16. The summed E-state index contributed by atoms with van der Waals surface area (Å²) in [7, 11) is 2.05. The molecule has 0 amide bonds. The van der Waals surface area contributed by atoms with Gasteiger partial charge >= 0.3 is 0 Å². The molecule has 0 N–H and O–H groups in total. The lowest BCUT2D eigenvalue weighted by Gasteiger charge is -1.73. The highest BCUT2D eigenvalue weighted by Crippen LogP contribution is 2.01. The van der Waals surface area contributed by atoms with Gasteiger partial charge in [0.25, 0.3) is 0 Å². The smallest absolute Gasteiger partial charge is 0.167 e. The molecule has 1 aliphatic rings. The largest absolute Gasteiger partial charge is 0.211 e. The van der Waals surface area contributed by atoms with Crippen LogP contribution in [0.1, 0.15) is 13.3 Å². The quantitative estimate of drug-likeness (QED) is 0.396. The molecule has 0 radical (unpaired) electrons. The molecule has 0 aromatic heterocycles. The van der Waals surface area contributed by atoms with Crippen LogP contribution in [0.25, 0.3) is 0 Å². The van der Waals surface area contributed by atoms with Crippen molar-refractivity contribution in [2.45, 2.75) is 13.3 Å². The topological polar surface area (TPSA) is 3.01 Å². The molecule has 0 fully saturated rings. The van der Waals surface area contributed by atoms with Crippen LogP contribution in [0.15, 0.2) is 11.8 Å². The van der Waals surface area contributed by atoms with Crippen molar-refractivity contribution >= 4 is 6.21 Å². The lowest BCUT2D eigenvalue weighted by Crippen LogP contribution is -1.88.